The molecule has 3 nitrogen and oxygen atoms in total. The second kappa shape index (κ2) is 5.62. The molecule has 0 bridgehead atoms. The van der Waals surface area contributed by atoms with E-state index in [1.807, 2.05) is 0 Å². The minimum Gasteiger partial charge on any atom is -0.393 e. The van der Waals surface area contributed by atoms with E-state index in [0.717, 1.165) is 0 Å². The number of nitrogens with zero attached hydrogens (tertiary/aromatic N) is 1. The quantitative estimate of drug-likeness (QED) is 0.623. The summed E-state index contributed by atoms with van der Waals surface area (Å²) in [6, 6.07) is 0. The van der Waals surface area contributed by atoms with Crippen LogP contribution in [0.1, 0.15) is 19.8 Å². The van der Waals surface area contributed by atoms with Crippen LogP contribution < -0.4 is 5.73 Å². The van der Waals surface area contributed by atoms with Crippen molar-refractivity contribution in [2.45, 2.75) is 32.1 Å². The lowest BCUT2D eigenvalue weighted by molar-refractivity contribution is -0.277. The van der Waals surface area contributed by atoms with Crippen LogP contribution in [0.2, 0.25) is 0 Å². The van der Waals surface area contributed by atoms with Crippen molar-refractivity contribution in [3.63, 3.8) is 0 Å². The number of thiocarbonyl (C=S) groups is 1. The van der Waals surface area contributed by atoms with Gasteiger partial charge in [0.25, 0.3) is 0 Å². The normalized spacial score (nSPS) is 19.7. The predicted octanol–water partition coefficient (Wildman–Crippen LogP) is 2.64. The summed E-state index contributed by atoms with van der Waals surface area (Å²) in [7, 11) is 0. The van der Waals surface area contributed by atoms with Crippen LogP contribution in [0.5, 0.6) is 0 Å². The van der Waals surface area contributed by atoms with Crippen molar-refractivity contribution >= 4 is 23.1 Å². The van der Waals surface area contributed by atoms with Gasteiger partial charge in [0.15, 0.2) is 0 Å². The van der Waals surface area contributed by atoms with Crippen molar-refractivity contribution in [2.75, 3.05) is 13.1 Å². The van der Waals surface area contributed by atoms with Crippen molar-refractivity contribution in [3.8, 4) is 0 Å². The molecule has 1 aliphatic heterocycles. The number of hydrogen-bond donors (Lipinski definition) is 1. The molecule has 1 heterocycles. The van der Waals surface area contributed by atoms with E-state index in [1.54, 1.807) is 6.92 Å². The molecule has 1 aliphatic rings. The lowest BCUT2D eigenvalue weighted by Gasteiger charge is -2.40. The third-order valence-corrected chi connectivity index (χ3v) is 4.17. The maximum absolute atomic E-state index is 12.5. The molecule has 0 unspecified atom stereocenters. The van der Waals surface area contributed by atoms with Crippen LogP contribution in [0.4, 0.5) is 26.3 Å². The lowest BCUT2D eigenvalue weighted by Crippen LogP contribution is -2.53. The van der Waals surface area contributed by atoms with Crippen LogP contribution >= 0.6 is 12.2 Å². The summed E-state index contributed by atoms with van der Waals surface area (Å²) in [5, 5.41) is 0. The predicted molar refractivity (Wildman–Crippen MR) is 66.3 cm³/mol. The monoisotopic (exact) mass is 336 g/mol. The van der Waals surface area contributed by atoms with E-state index < -0.39 is 29.6 Å². The molecule has 1 fully saturated rings. The minimum absolute atomic E-state index is 0.135. The molecule has 0 aromatic heterocycles. The van der Waals surface area contributed by atoms with E-state index in [9.17, 15) is 31.1 Å². The van der Waals surface area contributed by atoms with Crippen LogP contribution in [0, 0.1) is 11.3 Å². The molecule has 1 rings (SSSR count). The van der Waals surface area contributed by atoms with Gasteiger partial charge in [-0.15, -0.1) is 0 Å². The Morgan fingerprint density at radius 3 is 1.81 bits per heavy atom. The van der Waals surface area contributed by atoms with Gasteiger partial charge in [-0.25, -0.2) is 0 Å². The molecule has 1 saturated heterocycles. The molecular weight excluding hydrogens is 322 g/mol. The first-order chi connectivity index (χ1) is 9.29. The first-order valence-corrected chi connectivity index (χ1v) is 6.42. The number of carbonyl (C=O) groups excluding carboxylic acids is 1. The Morgan fingerprint density at radius 1 is 1.14 bits per heavy atom. The Bertz CT molecular complexity index is 411. The van der Waals surface area contributed by atoms with Gasteiger partial charge in [-0.3, -0.25) is 4.79 Å². The SMILES string of the molecule is CC1(C(N)=S)CCN(C(=O)C(C(F)(F)F)C(F)(F)F)CC1. The third-order valence-electron chi connectivity index (χ3n) is 3.68. The Morgan fingerprint density at radius 2 is 1.52 bits per heavy atom. The molecule has 0 radical (unpaired) electrons. The standard InChI is InChI=1S/C11H14F6N2OS/c1-9(8(18)21)2-4-19(5-3-9)7(20)6(10(12,13)14)11(15,16)17/h6H,2-5H2,1H3,(H2,18,21). The van der Waals surface area contributed by atoms with E-state index in [-0.39, 0.29) is 30.9 Å². The Kier molecular flexibility index (Phi) is 4.81. The first kappa shape index (κ1) is 18.0. The summed E-state index contributed by atoms with van der Waals surface area (Å²) in [5.74, 6) is -5.96. The van der Waals surface area contributed by atoms with Crippen molar-refractivity contribution in [3.05, 3.63) is 0 Å². The average Bonchev–Trinajstić information content (AvgIpc) is 2.25. The number of halogens is 6. The number of alkyl halides is 6. The molecule has 0 atom stereocenters. The molecule has 0 aromatic rings. The number of amides is 1. The highest BCUT2D eigenvalue weighted by Crippen LogP contribution is 2.41. The van der Waals surface area contributed by atoms with Crippen molar-refractivity contribution in [1.29, 1.82) is 0 Å². The highest BCUT2D eigenvalue weighted by molar-refractivity contribution is 7.80. The Labute approximate surface area is 122 Å². The topological polar surface area (TPSA) is 46.3 Å². The van der Waals surface area contributed by atoms with Crippen LogP contribution in [-0.4, -0.2) is 41.2 Å². The number of likely N-dealkylation sites (tertiary alicyclic amines) is 1. The first-order valence-electron chi connectivity index (χ1n) is 6.01. The van der Waals surface area contributed by atoms with E-state index >= 15 is 0 Å². The molecule has 0 aliphatic carbocycles. The van der Waals surface area contributed by atoms with Gasteiger partial charge in [0.1, 0.15) is 0 Å². The van der Waals surface area contributed by atoms with E-state index in [0.29, 0.717) is 4.90 Å². The molecule has 1 amide bonds. The molecular formula is C11H14F6N2OS. The zero-order chi connectivity index (χ0) is 16.6. The van der Waals surface area contributed by atoms with E-state index in [4.69, 9.17) is 18.0 Å². The Balaban J connectivity index is 2.88. The summed E-state index contributed by atoms with van der Waals surface area (Å²) in [4.78, 5) is 12.3. The van der Waals surface area contributed by atoms with E-state index in [2.05, 4.69) is 0 Å². The van der Waals surface area contributed by atoms with Crippen LogP contribution in [-0.2, 0) is 4.79 Å². The van der Waals surface area contributed by atoms with Crippen LogP contribution in [0.25, 0.3) is 0 Å². The van der Waals surface area contributed by atoms with Gasteiger partial charge < -0.3 is 10.6 Å². The maximum Gasteiger partial charge on any atom is 0.409 e. The fraction of sp³-hybridized carbons (Fsp3) is 0.818. The average molecular weight is 336 g/mol. The number of rotatable bonds is 2. The van der Waals surface area contributed by atoms with Gasteiger partial charge >= 0.3 is 12.4 Å². The van der Waals surface area contributed by atoms with Gasteiger partial charge in [-0.1, -0.05) is 19.1 Å². The zero-order valence-corrected chi connectivity index (χ0v) is 11.8. The van der Waals surface area contributed by atoms with Gasteiger partial charge in [0.2, 0.25) is 11.8 Å². The van der Waals surface area contributed by atoms with Crippen molar-refractivity contribution < 1.29 is 31.1 Å². The molecule has 21 heavy (non-hydrogen) atoms. The summed E-state index contributed by atoms with van der Waals surface area (Å²) in [6.07, 6.45) is -11.1. The maximum atomic E-state index is 12.5. The summed E-state index contributed by atoms with van der Waals surface area (Å²) in [5.41, 5.74) is 4.83. The fourth-order valence-corrected chi connectivity index (χ4v) is 2.32. The van der Waals surface area contributed by atoms with Crippen LogP contribution in [0.3, 0.4) is 0 Å². The lowest BCUT2D eigenvalue weighted by atomic mass is 9.80. The zero-order valence-electron chi connectivity index (χ0n) is 11.0. The summed E-state index contributed by atoms with van der Waals surface area (Å²) < 4.78 is 75.0. The smallest absolute Gasteiger partial charge is 0.393 e. The number of hydrogen-bond acceptors (Lipinski definition) is 2. The summed E-state index contributed by atoms with van der Waals surface area (Å²) >= 11 is 4.82. The second-order valence-electron chi connectivity index (χ2n) is 5.27. The van der Waals surface area contributed by atoms with Gasteiger partial charge in [0.05, 0.1) is 4.99 Å². The van der Waals surface area contributed by atoms with E-state index in [1.165, 1.54) is 0 Å². The Hall–Kier alpha value is -1.06. The van der Waals surface area contributed by atoms with Crippen molar-refractivity contribution in [1.82, 2.24) is 4.90 Å². The number of piperidine rings is 1. The molecule has 0 spiro atoms. The fourth-order valence-electron chi connectivity index (χ4n) is 2.12. The summed E-state index contributed by atoms with van der Waals surface area (Å²) in [6.45, 7) is 1.19. The van der Waals surface area contributed by atoms with Gasteiger partial charge in [-0.2, -0.15) is 26.3 Å². The van der Waals surface area contributed by atoms with Crippen LogP contribution in [0.15, 0.2) is 0 Å². The van der Waals surface area contributed by atoms with Gasteiger partial charge in [0, 0.05) is 18.5 Å². The van der Waals surface area contributed by atoms with Gasteiger partial charge in [-0.05, 0) is 12.8 Å². The molecule has 0 aromatic carbocycles. The van der Waals surface area contributed by atoms with Crippen molar-refractivity contribution in [2.24, 2.45) is 17.1 Å². The third kappa shape index (κ3) is 3.98. The highest BCUT2D eigenvalue weighted by Gasteiger charge is 2.62. The highest BCUT2D eigenvalue weighted by atomic mass is 32.1. The molecule has 122 valence electrons. The molecule has 10 heteroatoms. The second-order valence-corrected chi connectivity index (χ2v) is 5.71. The molecule has 0 saturated carbocycles. The molecule has 2 N–H and O–H groups in total. The minimum atomic E-state index is -5.67. The largest absolute Gasteiger partial charge is 0.409 e. The number of carbonyl (C=O) groups is 1. The number of nitrogens with two attached hydrogens (primary N) is 1.